The van der Waals surface area contributed by atoms with E-state index in [2.05, 4.69) is 36.4 Å². The third kappa shape index (κ3) is 4.58. The van der Waals surface area contributed by atoms with Gasteiger partial charge in [0.15, 0.2) is 5.76 Å². The molecule has 0 radical (unpaired) electrons. The molecule has 6 nitrogen and oxygen atoms in total. The number of nitrogens with one attached hydrogen (secondary N) is 1. The Morgan fingerprint density at radius 1 is 1.26 bits per heavy atom. The molecule has 0 saturated carbocycles. The van der Waals surface area contributed by atoms with Crippen LogP contribution in [0.3, 0.4) is 0 Å². The lowest BCUT2D eigenvalue weighted by Crippen LogP contribution is -2.23. The standard InChI is InChI=1S/C21H25N3O3/c1-14(2)18-7-5-15(3)11-20(18)26-13-17-6-8-19(27-17)21(25)22-12-16-9-10-23-24(16)4/h5-11,14H,12-13H2,1-4H3,(H,22,25). The van der Waals surface area contributed by atoms with Crippen molar-refractivity contribution in [2.75, 3.05) is 0 Å². The molecule has 27 heavy (non-hydrogen) atoms. The number of aromatic nitrogens is 2. The molecule has 1 aromatic carbocycles. The van der Waals surface area contributed by atoms with Crippen molar-refractivity contribution in [1.29, 1.82) is 0 Å². The lowest BCUT2D eigenvalue weighted by atomic mass is 10.0. The summed E-state index contributed by atoms with van der Waals surface area (Å²) in [5, 5.41) is 6.90. The summed E-state index contributed by atoms with van der Waals surface area (Å²) in [4.78, 5) is 12.3. The highest BCUT2D eigenvalue weighted by atomic mass is 16.5. The predicted octanol–water partition coefficient (Wildman–Crippen LogP) is 3.95. The lowest BCUT2D eigenvalue weighted by molar-refractivity contribution is 0.0918. The van der Waals surface area contributed by atoms with E-state index in [0.29, 0.717) is 18.2 Å². The van der Waals surface area contributed by atoms with E-state index in [9.17, 15) is 4.79 Å². The average molecular weight is 367 g/mol. The number of carbonyl (C=O) groups is 1. The predicted molar refractivity (Wildman–Crippen MR) is 103 cm³/mol. The second-order valence-electron chi connectivity index (χ2n) is 6.88. The second-order valence-corrected chi connectivity index (χ2v) is 6.88. The molecule has 3 aromatic rings. The molecule has 0 fully saturated rings. The Morgan fingerprint density at radius 3 is 2.78 bits per heavy atom. The molecule has 0 aliphatic rings. The maximum absolute atomic E-state index is 12.3. The van der Waals surface area contributed by atoms with Crippen molar-refractivity contribution in [2.45, 2.75) is 39.8 Å². The third-order valence-electron chi connectivity index (χ3n) is 4.40. The fourth-order valence-corrected chi connectivity index (χ4v) is 2.80. The molecule has 1 amide bonds. The first-order valence-electron chi connectivity index (χ1n) is 9.01. The van der Waals surface area contributed by atoms with Gasteiger partial charge in [-0.1, -0.05) is 26.0 Å². The zero-order valence-corrected chi connectivity index (χ0v) is 16.2. The second kappa shape index (κ2) is 8.12. The largest absolute Gasteiger partial charge is 0.485 e. The van der Waals surface area contributed by atoms with E-state index in [0.717, 1.165) is 22.6 Å². The highest BCUT2D eigenvalue weighted by molar-refractivity contribution is 5.91. The third-order valence-corrected chi connectivity index (χ3v) is 4.40. The van der Waals surface area contributed by atoms with E-state index >= 15 is 0 Å². The molecule has 0 unspecified atom stereocenters. The van der Waals surface area contributed by atoms with Gasteiger partial charge in [-0.3, -0.25) is 9.48 Å². The van der Waals surface area contributed by atoms with Crippen LogP contribution >= 0.6 is 0 Å². The number of furan rings is 1. The Kier molecular flexibility index (Phi) is 5.64. The zero-order chi connectivity index (χ0) is 19.4. The van der Waals surface area contributed by atoms with Crippen molar-refractivity contribution >= 4 is 5.91 Å². The van der Waals surface area contributed by atoms with E-state index in [1.165, 1.54) is 0 Å². The summed E-state index contributed by atoms with van der Waals surface area (Å²) in [6.45, 7) is 6.97. The quantitative estimate of drug-likeness (QED) is 0.686. The molecule has 0 bridgehead atoms. The molecule has 1 N–H and O–H groups in total. The van der Waals surface area contributed by atoms with Gasteiger partial charge >= 0.3 is 0 Å². The first kappa shape index (κ1) is 18.8. The van der Waals surface area contributed by atoms with Gasteiger partial charge in [0.2, 0.25) is 0 Å². The van der Waals surface area contributed by atoms with Crippen LogP contribution in [0.25, 0.3) is 0 Å². The summed E-state index contributed by atoms with van der Waals surface area (Å²) in [5.41, 5.74) is 3.21. The van der Waals surface area contributed by atoms with Crippen LogP contribution in [0.2, 0.25) is 0 Å². The minimum absolute atomic E-state index is 0.263. The smallest absolute Gasteiger partial charge is 0.287 e. The highest BCUT2D eigenvalue weighted by Gasteiger charge is 2.13. The summed E-state index contributed by atoms with van der Waals surface area (Å²) < 4.78 is 13.3. The van der Waals surface area contributed by atoms with E-state index in [1.54, 1.807) is 23.0 Å². The van der Waals surface area contributed by atoms with E-state index in [4.69, 9.17) is 9.15 Å². The van der Waals surface area contributed by atoms with Crippen LogP contribution in [0.1, 0.15) is 52.9 Å². The Morgan fingerprint density at radius 2 is 2.07 bits per heavy atom. The van der Waals surface area contributed by atoms with Gasteiger partial charge in [0.05, 0.1) is 12.2 Å². The van der Waals surface area contributed by atoms with Crippen LogP contribution < -0.4 is 10.1 Å². The molecule has 0 spiro atoms. The van der Waals surface area contributed by atoms with Gasteiger partial charge in [-0.2, -0.15) is 5.10 Å². The average Bonchev–Trinajstić information content (AvgIpc) is 3.26. The van der Waals surface area contributed by atoms with Crippen molar-refractivity contribution in [3.05, 3.63) is 70.9 Å². The number of carbonyl (C=O) groups excluding carboxylic acids is 1. The molecule has 0 aliphatic carbocycles. The number of hydrogen-bond donors (Lipinski definition) is 1. The van der Waals surface area contributed by atoms with E-state index in [-0.39, 0.29) is 18.3 Å². The van der Waals surface area contributed by atoms with Crippen LogP contribution in [0.5, 0.6) is 5.75 Å². The molecular formula is C21H25N3O3. The topological polar surface area (TPSA) is 69.3 Å². The summed E-state index contributed by atoms with van der Waals surface area (Å²) in [6, 6.07) is 11.5. The van der Waals surface area contributed by atoms with Gasteiger partial charge in [0.1, 0.15) is 18.1 Å². The van der Waals surface area contributed by atoms with Gasteiger partial charge in [0.25, 0.3) is 5.91 Å². The molecule has 0 atom stereocenters. The van der Waals surface area contributed by atoms with Crippen LogP contribution in [-0.2, 0) is 20.2 Å². The zero-order valence-electron chi connectivity index (χ0n) is 16.2. The van der Waals surface area contributed by atoms with Gasteiger partial charge in [-0.15, -0.1) is 0 Å². The van der Waals surface area contributed by atoms with Crippen LogP contribution in [0.4, 0.5) is 0 Å². The minimum Gasteiger partial charge on any atom is -0.485 e. The molecule has 0 aliphatic heterocycles. The monoisotopic (exact) mass is 367 g/mol. The number of benzene rings is 1. The number of ether oxygens (including phenoxy) is 1. The van der Waals surface area contributed by atoms with Crippen LogP contribution in [-0.4, -0.2) is 15.7 Å². The molecule has 6 heteroatoms. The van der Waals surface area contributed by atoms with Gasteiger partial charge < -0.3 is 14.5 Å². The normalized spacial score (nSPS) is 11.0. The maximum Gasteiger partial charge on any atom is 0.287 e. The van der Waals surface area contributed by atoms with Gasteiger partial charge in [0, 0.05) is 13.2 Å². The van der Waals surface area contributed by atoms with Crippen molar-refractivity contribution in [3.8, 4) is 5.75 Å². The lowest BCUT2D eigenvalue weighted by Gasteiger charge is -2.14. The van der Waals surface area contributed by atoms with E-state index < -0.39 is 0 Å². The van der Waals surface area contributed by atoms with Gasteiger partial charge in [-0.25, -0.2) is 0 Å². The number of nitrogens with zero attached hydrogens (tertiary/aromatic N) is 2. The van der Waals surface area contributed by atoms with Crippen molar-refractivity contribution < 1.29 is 13.9 Å². The Balaban J connectivity index is 1.60. The van der Waals surface area contributed by atoms with E-state index in [1.807, 2.05) is 26.1 Å². The molecule has 3 rings (SSSR count). The summed E-state index contributed by atoms with van der Waals surface area (Å²) in [7, 11) is 1.83. The molecule has 0 saturated heterocycles. The number of aryl methyl sites for hydroxylation is 2. The minimum atomic E-state index is -0.263. The van der Waals surface area contributed by atoms with Crippen molar-refractivity contribution in [3.63, 3.8) is 0 Å². The molecule has 2 heterocycles. The Bertz CT molecular complexity index is 924. The fraction of sp³-hybridized carbons (Fsp3) is 0.333. The summed E-state index contributed by atoms with van der Waals surface area (Å²) in [5.74, 6) is 1.83. The van der Waals surface area contributed by atoms with Crippen molar-refractivity contribution in [1.82, 2.24) is 15.1 Å². The molecular weight excluding hydrogens is 342 g/mol. The van der Waals surface area contributed by atoms with Gasteiger partial charge in [-0.05, 0) is 48.2 Å². The fourth-order valence-electron chi connectivity index (χ4n) is 2.80. The maximum atomic E-state index is 12.3. The summed E-state index contributed by atoms with van der Waals surface area (Å²) in [6.07, 6.45) is 1.69. The Hall–Kier alpha value is -3.02. The van der Waals surface area contributed by atoms with Crippen LogP contribution in [0.15, 0.2) is 47.0 Å². The first-order chi connectivity index (χ1) is 12.9. The summed E-state index contributed by atoms with van der Waals surface area (Å²) >= 11 is 0. The number of amides is 1. The number of hydrogen-bond acceptors (Lipinski definition) is 4. The van der Waals surface area contributed by atoms with Crippen molar-refractivity contribution in [2.24, 2.45) is 7.05 Å². The SMILES string of the molecule is Cc1ccc(C(C)C)c(OCc2ccc(C(=O)NCc3ccnn3C)o2)c1. The molecule has 142 valence electrons. The Labute approximate surface area is 159 Å². The number of rotatable bonds is 7. The molecule has 2 aromatic heterocycles. The van der Waals surface area contributed by atoms with Crippen LogP contribution in [0, 0.1) is 6.92 Å². The highest BCUT2D eigenvalue weighted by Crippen LogP contribution is 2.28. The first-order valence-corrected chi connectivity index (χ1v) is 9.01.